The predicted octanol–water partition coefficient (Wildman–Crippen LogP) is 3.43. The van der Waals surface area contributed by atoms with E-state index in [-0.39, 0.29) is 5.78 Å². The van der Waals surface area contributed by atoms with Crippen LogP contribution in [0.2, 0.25) is 0 Å². The van der Waals surface area contributed by atoms with Crippen LogP contribution >= 0.6 is 0 Å². The number of aliphatic hydroxyl groups excluding tert-OH is 1. The highest BCUT2D eigenvalue weighted by Crippen LogP contribution is 2.24. The van der Waals surface area contributed by atoms with Crippen molar-refractivity contribution in [2.75, 3.05) is 0 Å². The normalized spacial score (nSPS) is 13.6. The number of hydrogen-bond donors (Lipinski definition) is 1. The highest BCUT2D eigenvalue weighted by Gasteiger charge is 2.29. The molecule has 1 N–H and O–H groups in total. The van der Waals surface area contributed by atoms with E-state index in [1.165, 1.54) is 0 Å². The van der Waals surface area contributed by atoms with E-state index in [2.05, 4.69) is 0 Å². The molecule has 0 radical (unpaired) electrons. The number of aliphatic hydroxyl groups is 1. The van der Waals surface area contributed by atoms with Crippen molar-refractivity contribution in [3.05, 3.63) is 48.0 Å². The first kappa shape index (κ1) is 12.8. The number of carbonyl (C=O) groups excluding carboxylic acids is 1. The Kier molecular flexibility index (Phi) is 3.22. The average molecular weight is 242 g/mol. The highest BCUT2D eigenvalue weighted by molar-refractivity contribution is 6.02. The maximum Gasteiger partial charge on any atom is 0.191 e. The zero-order chi connectivity index (χ0) is 13.3. The summed E-state index contributed by atoms with van der Waals surface area (Å²) in [4.78, 5) is 12.2. The van der Waals surface area contributed by atoms with Crippen LogP contribution in [-0.2, 0) is 0 Å². The van der Waals surface area contributed by atoms with Crippen LogP contribution in [0.25, 0.3) is 10.8 Å². The van der Waals surface area contributed by atoms with Crippen molar-refractivity contribution >= 4 is 16.6 Å². The first-order valence-corrected chi connectivity index (χ1v) is 6.11. The molecule has 2 aromatic rings. The van der Waals surface area contributed by atoms with Crippen LogP contribution in [-0.4, -0.2) is 17.0 Å². The smallest absolute Gasteiger partial charge is 0.191 e. The van der Waals surface area contributed by atoms with Crippen LogP contribution < -0.4 is 0 Å². The van der Waals surface area contributed by atoms with Gasteiger partial charge in [-0.05, 0) is 22.3 Å². The summed E-state index contributed by atoms with van der Waals surface area (Å²) in [6.45, 7) is 5.57. The molecule has 0 amide bonds. The molecule has 1 atom stereocenters. The number of fused-ring (bicyclic) bond motifs is 1. The molecule has 0 fully saturated rings. The summed E-state index contributed by atoms with van der Waals surface area (Å²) in [5.74, 6) is -0.215. The van der Waals surface area contributed by atoms with Gasteiger partial charge in [-0.15, -0.1) is 0 Å². The van der Waals surface area contributed by atoms with Gasteiger partial charge in [0.2, 0.25) is 0 Å². The number of carbonyl (C=O) groups is 1. The monoisotopic (exact) mass is 242 g/mol. The zero-order valence-corrected chi connectivity index (χ0v) is 11.0. The lowest BCUT2D eigenvalue weighted by molar-refractivity contribution is 0.0443. The van der Waals surface area contributed by atoms with Gasteiger partial charge in [-0.2, -0.15) is 0 Å². The van der Waals surface area contributed by atoms with E-state index in [0.717, 1.165) is 10.8 Å². The Morgan fingerprint density at radius 1 is 1.06 bits per heavy atom. The maximum atomic E-state index is 12.2. The number of benzene rings is 2. The highest BCUT2D eigenvalue weighted by atomic mass is 16.3. The van der Waals surface area contributed by atoms with Gasteiger partial charge < -0.3 is 5.11 Å². The van der Waals surface area contributed by atoms with Crippen molar-refractivity contribution in [2.45, 2.75) is 26.9 Å². The molecule has 0 aliphatic rings. The molecule has 0 saturated heterocycles. The Morgan fingerprint density at radius 3 is 2.28 bits per heavy atom. The quantitative estimate of drug-likeness (QED) is 0.819. The Labute approximate surface area is 107 Å². The van der Waals surface area contributed by atoms with Gasteiger partial charge in [-0.3, -0.25) is 4.79 Å². The second kappa shape index (κ2) is 4.54. The molecule has 0 aromatic heterocycles. The second-order valence-electron chi connectivity index (χ2n) is 5.69. The molecule has 18 heavy (non-hydrogen) atoms. The Bertz CT molecular complexity index is 579. The first-order chi connectivity index (χ1) is 8.39. The molecular formula is C16H18O2. The minimum absolute atomic E-state index is 0.215. The van der Waals surface area contributed by atoms with Gasteiger partial charge in [0, 0.05) is 5.56 Å². The van der Waals surface area contributed by atoms with Gasteiger partial charge in [0.05, 0.1) is 0 Å². The Balaban J connectivity index is 2.40. The minimum atomic E-state index is -0.973. The van der Waals surface area contributed by atoms with Gasteiger partial charge >= 0.3 is 0 Å². The van der Waals surface area contributed by atoms with Crippen LogP contribution in [0, 0.1) is 5.41 Å². The maximum absolute atomic E-state index is 12.2. The van der Waals surface area contributed by atoms with Crippen LogP contribution in [0.5, 0.6) is 0 Å². The van der Waals surface area contributed by atoms with Crippen molar-refractivity contribution < 1.29 is 9.90 Å². The van der Waals surface area contributed by atoms with E-state index in [1.807, 2.05) is 57.2 Å². The summed E-state index contributed by atoms with van der Waals surface area (Å²) in [5.41, 5.74) is 0.124. The summed E-state index contributed by atoms with van der Waals surface area (Å²) in [6.07, 6.45) is -0.973. The van der Waals surface area contributed by atoms with Gasteiger partial charge in [0.15, 0.2) is 5.78 Å². The van der Waals surface area contributed by atoms with Crippen LogP contribution in [0.1, 0.15) is 31.1 Å². The lowest BCUT2D eigenvalue weighted by Crippen LogP contribution is -2.34. The van der Waals surface area contributed by atoms with Crippen molar-refractivity contribution in [1.29, 1.82) is 0 Å². The molecule has 2 rings (SSSR count). The van der Waals surface area contributed by atoms with Crippen LogP contribution in [0.4, 0.5) is 0 Å². The zero-order valence-electron chi connectivity index (χ0n) is 11.0. The van der Waals surface area contributed by atoms with Gasteiger partial charge in [0.1, 0.15) is 6.10 Å². The Morgan fingerprint density at radius 2 is 1.67 bits per heavy atom. The molecule has 1 unspecified atom stereocenters. The summed E-state index contributed by atoms with van der Waals surface area (Å²) in [5, 5.41) is 12.1. The molecule has 94 valence electrons. The lowest BCUT2D eigenvalue weighted by atomic mass is 9.84. The van der Waals surface area contributed by atoms with Crippen LogP contribution in [0.15, 0.2) is 42.5 Å². The molecule has 2 nitrogen and oxygen atoms in total. The second-order valence-corrected chi connectivity index (χ2v) is 5.69. The van der Waals surface area contributed by atoms with Gasteiger partial charge in [-0.1, -0.05) is 57.2 Å². The lowest BCUT2D eigenvalue weighted by Gasteiger charge is -2.24. The van der Waals surface area contributed by atoms with Crippen LogP contribution in [0.3, 0.4) is 0 Å². The van der Waals surface area contributed by atoms with E-state index in [0.29, 0.717) is 5.56 Å². The minimum Gasteiger partial charge on any atom is -0.384 e. The average Bonchev–Trinajstić information content (AvgIpc) is 2.35. The van der Waals surface area contributed by atoms with E-state index in [4.69, 9.17) is 0 Å². The summed E-state index contributed by atoms with van der Waals surface area (Å²) >= 11 is 0. The van der Waals surface area contributed by atoms with E-state index in [9.17, 15) is 9.90 Å². The molecule has 0 bridgehead atoms. The summed E-state index contributed by atoms with van der Waals surface area (Å²) in [6, 6.07) is 13.4. The standard InChI is InChI=1S/C16H18O2/c1-16(2,3)15(18)14(17)13-9-8-11-6-4-5-7-12(11)10-13/h4-10,15,18H,1-3H3. The Hall–Kier alpha value is -1.67. The molecule has 2 heteroatoms. The van der Waals surface area contributed by atoms with E-state index in [1.54, 1.807) is 6.07 Å². The molecule has 0 heterocycles. The fourth-order valence-corrected chi connectivity index (χ4v) is 1.89. The first-order valence-electron chi connectivity index (χ1n) is 6.11. The van der Waals surface area contributed by atoms with E-state index >= 15 is 0 Å². The van der Waals surface area contributed by atoms with Crippen molar-refractivity contribution in [3.8, 4) is 0 Å². The van der Waals surface area contributed by atoms with Crippen molar-refractivity contribution in [1.82, 2.24) is 0 Å². The molecule has 0 aliphatic heterocycles. The van der Waals surface area contributed by atoms with Crippen molar-refractivity contribution in [3.63, 3.8) is 0 Å². The SMILES string of the molecule is CC(C)(C)C(O)C(=O)c1ccc2ccccc2c1. The van der Waals surface area contributed by atoms with Crippen molar-refractivity contribution in [2.24, 2.45) is 5.41 Å². The number of Topliss-reactive ketones (excluding diaryl/α,β-unsaturated/α-hetero) is 1. The summed E-state index contributed by atoms with van der Waals surface area (Å²) in [7, 11) is 0. The number of ketones is 1. The number of rotatable bonds is 2. The topological polar surface area (TPSA) is 37.3 Å². The third kappa shape index (κ3) is 2.44. The van der Waals surface area contributed by atoms with E-state index < -0.39 is 11.5 Å². The largest absolute Gasteiger partial charge is 0.384 e. The number of hydrogen-bond acceptors (Lipinski definition) is 2. The molecule has 0 aliphatic carbocycles. The molecule has 0 spiro atoms. The fraction of sp³-hybridized carbons (Fsp3) is 0.312. The third-order valence-corrected chi connectivity index (χ3v) is 3.10. The summed E-state index contributed by atoms with van der Waals surface area (Å²) < 4.78 is 0. The van der Waals surface area contributed by atoms with Gasteiger partial charge in [-0.25, -0.2) is 0 Å². The van der Waals surface area contributed by atoms with Gasteiger partial charge in [0.25, 0.3) is 0 Å². The predicted molar refractivity (Wildman–Crippen MR) is 73.7 cm³/mol. The fourth-order valence-electron chi connectivity index (χ4n) is 1.89. The molecule has 2 aromatic carbocycles. The third-order valence-electron chi connectivity index (χ3n) is 3.10. The molecular weight excluding hydrogens is 224 g/mol. The molecule has 0 saturated carbocycles.